The molecule has 7 heteroatoms. The second-order valence-corrected chi connectivity index (χ2v) is 3.77. The number of rotatable bonds is 3. The summed E-state index contributed by atoms with van der Waals surface area (Å²) in [6.45, 7) is -0.402. The van der Waals surface area contributed by atoms with Gasteiger partial charge in [-0.1, -0.05) is 0 Å². The minimum absolute atomic E-state index is 0.138. The Hall–Kier alpha value is -1.18. The van der Waals surface area contributed by atoms with Crippen molar-refractivity contribution in [1.29, 1.82) is 0 Å². The van der Waals surface area contributed by atoms with Gasteiger partial charge in [0.05, 0.1) is 22.0 Å². The van der Waals surface area contributed by atoms with Gasteiger partial charge in [0.1, 0.15) is 5.75 Å². The summed E-state index contributed by atoms with van der Waals surface area (Å²) in [7, 11) is 0. The van der Waals surface area contributed by atoms with E-state index in [2.05, 4.69) is 15.9 Å². The van der Waals surface area contributed by atoms with Gasteiger partial charge in [-0.3, -0.25) is 10.1 Å². The van der Waals surface area contributed by atoms with Gasteiger partial charge >= 0.3 is 0 Å². The van der Waals surface area contributed by atoms with Gasteiger partial charge in [-0.2, -0.15) is 0 Å². The summed E-state index contributed by atoms with van der Waals surface area (Å²) >= 11 is 2.97. The van der Waals surface area contributed by atoms with Gasteiger partial charge < -0.3 is 15.9 Å². The average Bonchev–Trinajstić information content (AvgIpc) is 2.20. The van der Waals surface area contributed by atoms with Crippen LogP contribution in [0.3, 0.4) is 0 Å². The van der Waals surface area contributed by atoms with Gasteiger partial charge in [-0.25, -0.2) is 0 Å². The SMILES string of the molecule is N[C@H](CO)c1cc([N+](=O)[O-])cc(Br)c1O. The molecule has 4 N–H and O–H groups in total. The van der Waals surface area contributed by atoms with E-state index in [1.54, 1.807) is 0 Å². The van der Waals surface area contributed by atoms with E-state index in [0.717, 1.165) is 6.07 Å². The number of phenols is 1. The third-order valence-corrected chi connectivity index (χ3v) is 2.49. The van der Waals surface area contributed by atoms with Crippen molar-refractivity contribution in [2.45, 2.75) is 6.04 Å². The largest absolute Gasteiger partial charge is 0.506 e. The van der Waals surface area contributed by atoms with E-state index in [1.165, 1.54) is 6.07 Å². The molecule has 0 radical (unpaired) electrons. The number of nitrogens with two attached hydrogens (primary N) is 1. The minimum Gasteiger partial charge on any atom is -0.506 e. The molecule has 0 fully saturated rings. The van der Waals surface area contributed by atoms with E-state index in [9.17, 15) is 15.2 Å². The molecule has 82 valence electrons. The fourth-order valence-electron chi connectivity index (χ4n) is 1.09. The number of aliphatic hydroxyl groups is 1. The highest BCUT2D eigenvalue weighted by Crippen LogP contribution is 2.35. The maximum absolute atomic E-state index is 10.5. The Kier molecular flexibility index (Phi) is 3.61. The molecule has 1 aromatic carbocycles. The third-order valence-electron chi connectivity index (χ3n) is 1.88. The standard InChI is InChI=1S/C8H9BrN2O4/c9-6-2-4(11(14)15)1-5(8(6)13)7(10)3-12/h1-2,7,12-13H,3,10H2/t7-/m1/s1. The van der Waals surface area contributed by atoms with E-state index < -0.39 is 17.6 Å². The van der Waals surface area contributed by atoms with E-state index in [-0.39, 0.29) is 21.5 Å². The first-order chi connectivity index (χ1) is 6.97. The van der Waals surface area contributed by atoms with Crippen molar-refractivity contribution in [2.24, 2.45) is 5.73 Å². The van der Waals surface area contributed by atoms with Crippen molar-refractivity contribution in [3.63, 3.8) is 0 Å². The van der Waals surface area contributed by atoms with Crippen LogP contribution in [0.2, 0.25) is 0 Å². The quantitative estimate of drug-likeness (QED) is 0.565. The normalized spacial score (nSPS) is 12.5. The number of aliphatic hydroxyl groups excluding tert-OH is 1. The topological polar surface area (TPSA) is 110 Å². The van der Waals surface area contributed by atoms with Crippen LogP contribution in [-0.2, 0) is 0 Å². The number of nitrogens with zero attached hydrogens (tertiary/aromatic N) is 1. The van der Waals surface area contributed by atoms with Gasteiger partial charge in [0.15, 0.2) is 0 Å². The van der Waals surface area contributed by atoms with Crippen LogP contribution >= 0.6 is 15.9 Å². The molecule has 0 aliphatic rings. The van der Waals surface area contributed by atoms with Crippen molar-refractivity contribution in [1.82, 2.24) is 0 Å². The molecule has 0 unspecified atom stereocenters. The van der Waals surface area contributed by atoms with E-state index in [1.807, 2.05) is 0 Å². The van der Waals surface area contributed by atoms with Gasteiger partial charge in [-0.05, 0) is 15.9 Å². The molecular formula is C8H9BrN2O4. The van der Waals surface area contributed by atoms with Crippen molar-refractivity contribution < 1.29 is 15.1 Å². The first-order valence-corrected chi connectivity index (χ1v) is 4.80. The lowest BCUT2D eigenvalue weighted by atomic mass is 10.1. The van der Waals surface area contributed by atoms with Crippen LogP contribution in [0.25, 0.3) is 0 Å². The number of hydrogen-bond acceptors (Lipinski definition) is 5. The number of phenolic OH excluding ortho intramolecular Hbond substituents is 1. The smallest absolute Gasteiger partial charge is 0.271 e. The summed E-state index contributed by atoms with van der Waals surface area (Å²) < 4.78 is 0.176. The number of nitro benzene ring substituents is 1. The second kappa shape index (κ2) is 4.56. The zero-order chi connectivity index (χ0) is 11.6. The van der Waals surface area contributed by atoms with Crippen LogP contribution in [0.5, 0.6) is 5.75 Å². The fourth-order valence-corrected chi connectivity index (χ4v) is 1.56. The van der Waals surface area contributed by atoms with Crippen molar-refractivity contribution in [2.75, 3.05) is 6.61 Å². The number of hydrogen-bond donors (Lipinski definition) is 3. The fraction of sp³-hybridized carbons (Fsp3) is 0.250. The van der Waals surface area contributed by atoms with Crippen molar-refractivity contribution in [3.05, 3.63) is 32.3 Å². The van der Waals surface area contributed by atoms with E-state index >= 15 is 0 Å². The Morgan fingerprint density at radius 1 is 1.60 bits per heavy atom. The number of benzene rings is 1. The monoisotopic (exact) mass is 276 g/mol. The van der Waals surface area contributed by atoms with Crippen LogP contribution < -0.4 is 5.73 Å². The Bertz CT molecular complexity index is 396. The zero-order valence-corrected chi connectivity index (χ0v) is 9.14. The van der Waals surface area contributed by atoms with E-state index in [0.29, 0.717) is 0 Å². The number of non-ortho nitro benzene ring substituents is 1. The first kappa shape index (κ1) is 11.9. The molecule has 0 saturated carbocycles. The lowest BCUT2D eigenvalue weighted by Gasteiger charge is -2.11. The highest BCUT2D eigenvalue weighted by atomic mass is 79.9. The predicted octanol–water partition coefficient (Wildman–Crippen LogP) is 1.05. The molecule has 1 aromatic rings. The van der Waals surface area contributed by atoms with Crippen LogP contribution in [0, 0.1) is 10.1 Å². The number of halogens is 1. The van der Waals surface area contributed by atoms with Gasteiger partial charge in [0.25, 0.3) is 5.69 Å². The molecular weight excluding hydrogens is 268 g/mol. The summed E-state index contributed by atoms with van der Waals surface area (Å²) in [6.07, 6.45) is 0. The van der Waals surface area contributed by atoms with Crippen LogP contribution in [-0.4, -0.2) is 21.7 Å². The van der Waals surface area contributed by atoms with Gasteiger partial charge in [0, 0.05) is 17.7 Å². The molecule has 0 heterocycles. The molecule has 6 nitrogen and oxygen atoms in total. The Balaban J connectivity index is 3.31. The van der Waals surface area contributed by atoms with Gasteiger partial charge in [0.2, 0.25) is 0 Å². The molecule has 0 spiro atoms. The Labute approximate surface area is 93.6 Å². The third kappa shape index (κ3) is 2.44. The van der Waals surface area contributed by atoms with Crippen LogP contribution in [0.1, 0.15) is 11.6 Å². The zero-order valence-electron chi connectivity index (χ0n) is 7.55. The molecule has 0 aromatic heterocycles. The highest BCUT2D eigenvalue weighted by Gasteiger charge is 2.18. The summed E-state index contributed by atoms with van der Waals surface area (Å²) in [6, 6.07) is 1.46. The maximum Gasteiger partial charge on any atom is 0.271 e. The highest BCUT2D eigenvalue weighted by molar-refractivity contribution is 9.10. The average molecular weight is 277 g/mol. The number of aromatic hydroxyl groups is 1. The summed E-state index contributed by atoms with van der Waals surface area (Å²) in [4.78, 5) is 9.93. The molecule has 0 aliphatic heterocycles. The molecule has 0 aliphatic carbocycles. The van der Waals surface area contributed by atoms with Crippen LogP contribution in [0.4, 0.5) is 5.69 Å². The molecule has 15 heavy (non-hydrogen) atoms. The number of nitro groups is 1. The molecule has 0 bridgehead atoms. The molecule has 1 atom stereocenters. The predicted molar refractivity (Wildman–Crippen MR) is 56.5 cm³/mol. The summed E-state index contributed by atoms with van der Waals surface area (Å²) in [5, 5.41) is 28.9. The molecule has 0 amide bonds. The Morgan fingerprint density at radius 3 is 2.67 bits per heavy atom. The summed E-state index contributed by atoms with van der Waals surface area (Å²) in [5.74, 6) is -0.192. The van der Waals surface area contributed by atoms with Gasteiger partial charge in [-0.15, -0.1) is 0 Å². The minimum atomic E-state index is -0.846. The van der Waals surface area contributed by atoms with Crippen LogP contribution in [0.15, 0.2) is 16.6 Å². The van der Waals surface area contributed by atoms with Crippen molar-refractivity contribution >= 4 is 21.6 Å². The lowest BCUT2D eigenvalue weighted by molar-refractivity contribution is -0.385. The lowest BCUT2D eigenvalue weighted by Crippen LogP contribution is -2.15. The Morgan fingerprint density at radius 2 is 2.20 bits per heavy atom. The molecule has 1 rings (SSSR count). The summed E-state index contributed by atoms with van der Waals surface area (Å²) in [5.41, 5.74) is 5.42. The maximum atomic E-state index is 10.5. The second-order valence-electron chi connectivity index (χ2n) is 2.91. The first-order valence-electron chi connectivity index (χ1n) is 4.00. The molecule has 0 saturated heterocycles. The van der Waals surface area contributed by atoms with Crippen molar-refractivity contribution in [3.8, 4) is 5.75 Å². The van der Waals surface area contributed by atoms with E-state index in [4.69, 9.17) is 10.8 Å².